The minimum atomic E-state index is -1.05. The molecule has 2 rings (SSSR count). The Morgan fingerprint density at radius 1 is 1.30 bits per heavy atom. The first-order valence-electron chi connectivity index (χ1n) is 7.38. The molecule has 1 aromatic rings. The van der Waals surface area contributed by atoms with Crippen LogP contribution in [0.3, 0.4) is 0 Å². The van der Waals surface area contributed by atoms with Crippen molar-refractivity contribution < 1.29 is 19.2 Å². The SMILES string of the molecule is CC1(C)OB(C(=Cc2cccc(C(=O)O)c2N)CS)OC1(C)C. The summed E-state index contributed by atoms with van der Waals surface area (Å²) in [6.45, 7) is 7.90. The highest BCUT2D eigenvalue weighted by Crippen LogP contribution is 2.39. The maximum atomic E-state index is 11.2. The van der Waals surface area contributed by atoms with Crippen molar-refractivity contribution in [2.45, 2.75) is 38.9 Å². The molecular weight excluding hydrogens is 313 g/mol. The third-order valence-corrected chi connectivity index (χ3v) is 4.81. The molecule has 0 radical (unpaired) electrons. The van der Waals surface area contributed by atoms with Gasteiger partial charge in [0, 0.05) is 5.75 Å². The number of nitrogens with two attached hydrogens (primary N) is 1. The molecule has 5 nitrogen and oxygen atoms in total. The number of carboxylic acids is 1. The molecule has 0 saturated carbocycles. The molecule has 0 spiro atoms. The van der Waals surface area contributed by atoms with E-state index in [1.807, 2.05) is 27.7 Å². The molecule has 0 aromatic heterocycles. The summed E-state index contributed by atoms with van der Waals surface area (Å²) in [5, 5.41) is 9.17. The summed E-state index contributed by atoms with van der Waals surface area (Å²) in [5.41, 5.74) is 6.76. The van der Waals surface area contributed by atoms with Crippen molar-refractivity contribution in [1.29, 1.82) is 0 Å². The molecule has 1 saturated heterocycles. The first kappa shape index (κ1) is 17.9. The van der Waals surface area contributed by atoms with Crippen LogP contribution < -0.4 is 5.73 Å². The van der Waals surface area contributed by atoms with Crippen LogP contribution in [0, 0.1) is 0 Å². The number of carboxylic acid groups (broad SMARTS) is 1. The molecule has 1 aliphatic heterocycles. The summed E-state index contributed by atoms with van der Waals surface area (Å²) in [6, 6.07) is 4.90. The van der Waals surface area contributed by atoms with Gasteiger partial charge in [0.05, 0.1) is 22.5 Å². The van der Waals surface area contributed by atoms with Gasteiger partial charge in [0.2, 0.25) is 0 Å². The largest absolute Gasteiger partial charge is 0.491 e. The van der Waals surface area contributed by atoms with Crippen LogP contribution in [-0.4, -0.2) is 35.1 Å². The summed E-state index contributed by atoms with van der Waals surface area (Å²) >= 11 is 4.35. The Kier molecular flexibility index (Phi) is 4.85. The fourth-order valence-electron chi connectivity index (χ4n) is 2.28. The van der Waals surface area contributed by atoms with E-state index in [0.29, 0.717) is 11.3 Å². The first-order chi connectivity index (χ1) is 10.6. The minimum Gasteiger partial charge on any atom is -0.478 e. The number of thiol groups is 1. The molecule has 0 unspecified atom stereocenters. The molecule has 0 aliphatic carbocycles. The van der Waals surface area contributed by atoms with Crippen LogP contribution in [0.4, 0.5) is 5.69 Å². The van der Waals surface area contributed by atoms with E-state index < -0.39 is 24.3 Å². The van der Waals surface area contributed by atoms with Gasteiger partial charge in [-0.25, -0.2) is 4.79 Å². The van der Waals surface area contributed by atoms with Crippen molar-refractivity contribution in [3.8, 4) is 0 Å². The zero-order valence-electron chi connectivity index (χ0n) is 13.8. The Balaban J connectivity index is 2.38. The van der Waals surface area contributed by atoms with Crippen LogP contribution in [0.25, 0.3) is 6.08 Å². The molecule has 7 heteroatoms. The summed E-state index contributed by atoms with van der Waals surface area (Å²) < 4.78 is 12.0. The van der Waals surface area contributed by atoms with Crippen LogP contribution in [0.2, 0.25) is 0 Å². The number of para-hydroxylation sites is 1. The lowest BCUT2D eigenvalue weighted by Crippen LogP contribution is -2.41. The third-order valence-electron chi connectivity index (χ3n) is 4.45. The number of hydrogen-bond donors (Lipinski definition) is 3. The summed E-state index contributed by atoms with van der Waals surface area (Å²) in [6.07, 6.45) is 1.79. The van der Waals surface area contributed by atoms with Crippen molar-refractivity contribution in [1.82, 2.24) is 0 Å². The van der Waals surface area contributed by atoms with E-state index in [0.717, 1.165) is 5.47 Å². The highest BCUT2D eigenvalue weighted by Gasteiger charge is 2.52. The maximum Gasteiger partial charge on any atom is 0.491 e. The van der Waals surface area contributed by atoms with E-state index in [9.17, 15) is 4.79 Å². The number of hydrogen-bond acceptors (Lipinski definition) is 5. The Bertz CT molecular complexity index is 641. The highest BCUT2D eigenvalue weighted by atomic mass is 32.1. The summed E-state index contributed by atoms with van der Waals surface area (Å²) in [7, 11) is -0.537. The van der Waals surface area contributed by atoms with Gasteiger partial charge in [-0.05, 0) is 44.8 Å². The van der Waals surface area contributed by atoms with E-state index in [2.05, 4.69) is 12.6 Å². The van der Waals surface area contributed by atoms with Gasteiger partial charge < -0.3 is 20.1 Å². The normalized spacial score (nSPS) is 19.9. The summed E-state index contributed by atoms with van der Waals surface area (Å²) in [4.78, 5) is 11.2. The molecule has 0 bridgehead atoms. The van der Waals surface area contributed by atoms with Crippen LogP contribution in [0.15, 0.2) is 23.7 Å². The number of rotatable bonds is 4. The molecule has 1 fully saturated rings. The van der Waals surface area contributed by atoms with E-state index in [-0.39, 0.29) is 11.3 Å². The molecule has 3 N–H and O–H groups in total. The van der Waals surface area contributed by atoms with Gasteiger partial charge in [0.1, 0.15) is 0 Å². The monoisotopic (exact) mass is 335 g/mol. The average molecular weight is 335 g/mol. The quantitative estimate of drug-likeness (QED) is 0.448. The third kappa shape index (κ3) is 3.41. The lowest BCUT2D eigenvalue weighted by Gasteiger charge is -2.32. The zero-order valence-corrected chi connectivity index (χ0v) is 14.7. The second kappa shape index (κ2) is 6.22. The smallest absolute Gasteiger partial charge is 0.478 e. The van der Waals surface area contributed by atoms with Crippen molar-refractivity contribution in [3.05, 3.63) is 34.8 Å². The topological polar surface area (TPSA) is 81.8 Å². The lowest BCUT2D eigenvalue weighted by atomic mass is 9.78. The van der Waals surface area contributed by atoms with Gasteiger partial charge in [0.25, 0.3) is 0 Å². The van der Waals surface area contributed by atoms with Crippen LogP contribution in [0.1, 0.15) is 43.6 Å². The van der Waals surface area contributed by atoms with Crippen LogP contribution in [0.5, 0.6) is 0 Å². The molecule has 0 atom stereocenters. The first-order valence-corrected chi connectivity index (χ1v) is 8.01. The highest BCUT2D eigenvalue weighted by molar-refractivity contribution is 7.80. The average Bonchev–Trinajstić information content (AvgIpc) is 2.65. The number of aromatic carboxylic acids is 1. The van der Waals surface area contributed by atoms with Crippen molar-refractivity contribution >= 4 is 37.5 Å². The van der Waals surface area contributed by atoms with E-state index in [1.165, 1.54) is 6.07 Å². The van der Waals surface area contributed by atoms with Gasteiger partial charge in [-0.2, -0.15) is 12.6 Å². The number of nitrogen functional groups attached to an aromatic ring is 1. The lowest BCUT2D eigenvalue weighted by molar-refractivity contribution is 0.00578. The van der Waals surface area contributed by atoms with Crippen LogP contribution >= 0.6 is 12.6 Å². The van der Waals surface area contributed by atoms with Gasteiger partial charge >= 0.3 is 13.1 Å². The second-order valence-electron chi connectivity index (χ2n) is 6.58. The van der Waals surface area contributed by atoms with E-state index in [4.69, 9.17) is 20.1 Å². The standard InChI is InChI=1S/C16H22BNO4S/c1-15(2)16(3,4)22-17(21-15)11(9-23)8-10-6-5-7-12(13(10)18)14(19)20/h5-8,23H,9,18H2,1-4H3,(H,19,20). The molecule has 124 valence electrons. The molecule has 1 aromatic carbocycles. The second-order valence-corrected chi connectivity index (χ2v) is 6.90. The zero-order chi connectivity index (χ0) is 17.4. The van der Waals surface area contributed by atoms with Gasteiger partial charge in [0.15, 0.2) is 0 Å². The van der Waals surface area contributed by atoms with Gasteiger partial charge in [-0.3, -0.25) is 0 Å². The molecular formula is C16H22BNO4S. The van der Waals surface area contributed by atoms with E-state index >= 15 is 0 Å². The maximum absolute atomic E-state index is 11.2. The molecule has 1 aliphatic rings. The molecule has 1 heterocycles. The van der Waals surface area contributed by atoms with Gasteiger partial charge in [-0.1, -0.05) is 18.2 Å². The number of benzene rings is 1. The van der Waals surface area contributed by atoms with Crippen LogP contribution in [-0.2, 0) is 9.31 Å². The van der Waals surface area contributed by atoms with Crippen molar-refractivity contribution in [2.24, 2.45) is 0 Å². The van der Waals surface area contributed by atoms with E-state index in [1.54, 1.807) is 18.2 Å². The molecule has 23 heavy (non-hydrogen) atoms. The Labute approximate surface area is 142 Å². The predicted octanol–water partition coefficient (Wildman–Crippen LogP) is 2.91. The fraction of sp³-hybridized carbons (Fsp3) is 0.438. The Morgan fingerprint density at radius 3 is 2.35 bits per heavy atom. The molecule has 0 amide bonds. The number of carbonyl (C=O) groups is 1. The van der Waals surface area contributed by atoms with Crippen molar-refractivity contribution in [3.63, 3.8) is 0 Å². The van der Waals surface area contributed by atoms with Crippen molar-refractivity contribution in [2.75, 3.05) is 11.5 Å². The fourth-order valence-corrected chi connectivity index (χ4v) is 2.52. The Morgan fingerprint density at radius 2 is 1.87 bits per heavy atom. The minimum absolute atomic E-state index is 0.0752. The Hall–Kier alpha value is -1.44. The summed E-state index contributed by atoms with van der Waals surface area (Å²) in [5.74, 6) is -0.645. The number of anilines is 1. The predicted molar refractivity (Wildman–Crippen MR) is 95.7 cm³/mol. The van der Waals surface area contributed by atoms with Gasteiger partial charge in [-0.15, -0.1) is 0 Å².